The molecule has 0 saturated carbocycles. The largest absolute Gasteiger partial charge is 0.382 e. The lowest BCUT2D eigenvalue weighted by Crippen LogP contribution is -2.47. The van der Waals surface area contributed by atoms with Gasteiger partial charge in [0.25, 0.3) is 0 Å². The number of nitrogens with one attached hydrogen (secondary N) is 2. The highest BCUT2D eigenvalue weighted by Gasteiger charge is 2.35. The summed E-state index contributed by atoms with van der Waals surface area (Å²) in [6.07, 6.45) is 4.87. The Morgan fingerprint density at radius 1 is 1.26 bits per heavy atom. The van der Waals surface area contributed by atoms with Crippen molar-refractivity contribution in [1.29, 1.82) is 0 Å². The molecule has 1 saturated heterocycles. The highest BCUT2D eigenvalue weighted by Crippen LogP contribution is 2.33. The molecule has 1 fully saturated rings. The molecular weight excluding hydrogens is 290 g/mol. The molecule has 0 amide bonds. The van der Waals surface area contributed by atoms with Crippen molar-refractivity contribution in [1.82, 2.24) is 10.6 Å². The Bertz CT molecular complexity index is 340. The van der Waals surface area contributed by atoms with Crippen LogP contribution in [-0.2, 0) is 9.47 Å². The Balaban J connectivity index is 2.30. The van der Waals surface area contributed by atoms with Crippen LogP contribution in [0.15, 0.2) is 4.99 Å². The van der Waals surface area contributed by atoms with Crippen LogP contribution in [0.3, 0.4) is 0 Å². The van der Waals surface area contributed by atoms with Gasteiger partial charge in [0.1, 0.15) is 0 Å². The topological polar surface area (TPSA) is 54.9 Å². The first-order valence-electron chi connectivity index (χ1n) is 9.13. The molecule has 0 aromatic heterocycles. The van der Waals surface area contributed by atoms with Crippen LogP contribution in [0.1, 0.15) is 53.4 Å². The monoisotopic (exact) mass is 327 g/mol. The normalized spacial score (nSPS) is 22.9. The number of aliphatic imine (C=N–C) groups is 1. The fourth-order valence-corrected chi connectivity index (χ4v) is 3.14. The van der Waals surface area contributed by atoms with Crippen LogP contribution in [0, 0.1) is 11.3 Å². The van der Waals surface area contributed by atoms with Crippen LogP contribution in [0.2, 0.25) is 0 Å². The fourth-order valence-electron chi connectivity index (χ4n) is 3.14. The van der Waals surface area contributed by atoms with Gasteiger partial charge in [-0.15, -0.1) is 0 Å². The van der Waals surface area contributed by atoms with E-state index in [2.05, 4.69) is 36.4 Å². The van der Waals surface area contributed by atoms with E-state index in [1.807, 2.05) is 14.0 Å². The summed E-state index contributed by atoms with van der Waals surface area (Å²) in [6.45, 7) is 13.2. The molecule has 0 bridgehead atoms. The maximum atomic E-state index is 6.04. The Morgan fingerprint density at radius 3 is 2.70 bits per heavy atom. The molecule has 2 unspecified atom stereocenters. The summed E-state index contributed by atoms with van der Waals surface area (Å²) in [5.41, 5.74) is 0.184. The number of rotatable bonds is 8. The zero-order valence-corrected chi connectivity index (χ0v) is 15.8. The Hall–Kier alpha value is -0.810. The second-order valence-corrected chi connectivity index (χ2v) is 7.34. The maximum absolute atomic E-state index is 6.04. The molecular formula is C18H37N3O2. The number of ether oxygens (including phenoxy) is 2. The van der Waals surface area contributed by atoms with Gasteiger partial charge in [-0.2, -0.15) is 0 Å². The second-order valence-electron chi connectivity index (χ2n) is 7.34. The number of hydrogen-bond acceptors (Lipinski definition) is 3. The molecule has 0 aliphatic carbocycles. The van der Waals surface area contributed by atoms with Crippen LogP contribution >= 0.6 is 0 Å². The van der Waals surface area contributed by atoms with Crippen molar-refractivity contribution in [2.75, 3.05) is 40.0 Å². The van der Waals surface area contributed by atoms with Gasteiger partial charge in [0.05, 0.1) is 6.10 Å². The first kappa shape index (κ1) is 20.2. The predicted octanol–water partition coefficient (Wildman–Crippen LogP) is 2.81. The standard InChI is InChI=1S/C18H37N3O2/c1-6-22-12-8-7-11-20-17(19-5)21-14-15-10-9-13-23-16(15)18(2,3)4/h15-16H,6-14H2,1-5H3,(H2,19,20,21). The number of unbranched alkanes of at least 4 members (excludes halogenated alkanes) is 1. The smallest absolute Gasteiger partial charge is 0.190 e. The number of guanidine groups is 1. The van der Waals surface area contributed by atoms with Gasteiger partial charge in [-0.25, -0.2) is 0 Å². The van der Waals surface area contributed by atoms with Crippen molar-refractivity contribution in [3.05, 3.63) is 0 Å². The van der Waals surface area contributed by atoms with E-state index < -0.39 is 0 Å². The Morgan fingerprint density at radius 2 is 2.04 bits per heavy atom. The van der Waals surface area contributed by atoms with Crippen LogP contribution in [-0.4, -0.2) is 52.0 Å². The quantitative estimate of drug-likeness (QED) is 0.409. The van der Waals surface area contributed by atoms with Gasteiger partial charge in [-0.05, 0) is 38.0 Å². The van der Waals surface area contributed by atoms with Crippen molar-refractivity contribution in [3.63, 3.8) is 0 Å². The average Bonchev–Trinajstić information content (AvgIpc) is 2.53. The average molecular weight is 328 g/mol. The molecule has 5 nitrogen and oxygen atoms in total. The van der Waals surface area contributed by atoms with Gasteiger partial charge in [0.2, 0.25) is 0 Å². The molecule has 0 radical (unpaired) electrons. The minimum atomic E-state index is 0.184. The van der Waals surface area contributed by atoms with E-state index in [1.54, 1.807) is 0 Å². The van der Waals surface area contributed by atoms with E-state index in [0.717, 1.165) is 58.1 Å². The van der Waals surface area contributed by atoms with E-state index in [1.165, 1.54) is 6.42 Å². The van der Waals surface area contributed by atoms with Gasteiger partial charge in [-0.1, -0.05) is 20.8 Å². The molecule has 0 aromatic carbocycles. The van der Waals surface area contributed by atoms with Crippen molar-refractivity contribution in [2.45, 2.75) is 59.5 Å². The molecule has 1 heterocycles. The lowest BCUT2D eigenvalue weighted by Gasteiger charge is -2.40. The van der Waals surface area contributed by atoms with Crippen molar-refractivity contribution in [2.24, 2.45) is 16.3 Å². The highest BCUT2D eigenvalue weighted by molar-refractivity contribution is 5.79. The molecule has 136 valence electrons. The van der Waals surface area contributed by atoms with Crippen LogP contribution < -0.4 is 10.6 Å². The third-order valence-corrected chi connectivity index (χ3v) is 4.27. The van der Waals surface area contributed by atoms with Crippen molar-refractivity contribution < 1.29 is 9.47 Å². The molecule has 2 N–H and O–H groups in total. The summed E-state index contributed by atoms with van der Waals surface area (Å²) < 4.78 is 11.4. The summed E-state index contributed by atoms with van der Waals surface area (Å²) >= 11 is 0. The molecule has 23 heavy (non-hydrogen) atoms. The number of nitrogens with zero attached hydrogens (tertiary/aromatic N) is 1. The van der Waals surface area contributed by atoms with Gasteiger partial charge >= 0.3 is 0 Å². The summed E-state index contributed by atoms with van der Waals surface area (Å²) in [4.78, 5) is 4.32. The zero-order valence-electron chi connectivity index (χ0n) is 15.8. The van der Waals surface area contributed by atoms with Gasteiger partial charge in [-0.3, -0.25) is 4.99 Å². The molecule has 1 rings (SSSR count). The van der Waals surface area contributed by atoms with E-state index in [0.29, 0.717) is 12.0 Å². The molecule has 0 aromatic rings. The van der Waals surface area contributed by atoms with E-state index in [9.17, 15) is 0 Å². The minimum absolute atomic E-state index is 0.184. The second kappa shape index (κ2) is 10.9. The van der Waals surface area contributed by atoms with Gasteiger partial charge in [0.15, 0.2) is 5.96 Å². The molecule has 5 heteroatoms. The zero-order chi connectivity index (χ0) is 17.1. The summed E-state index contributed by atoms with van der Waals surface area (Å²) in [5.74, 6) is 1.43. The van der Waals surface area contributed by atoms with E-state index >= 15 is 0 Å². The molecule has 0 spiro atoms. The highest BCUT2D eigenvalue weighted by atomic mass is 16.5. The van der Waals surface area contributed by atoms with E-state index in [4.69, 9.17) is 9.47 Å². The third-order valence-electron chi connectivity index (χ3n) is 4.27. The maximum Gasteiger partial charge on any atom is 0.190 e. The first-order chi connectivity index (χ1) is 11.0. The summed E-state index contributed by atoms with van der Waals surface area (Å²) in [7, 11) is 1.83. The minimum Gasteiger partial charge on any atom is -0.382 e. The third kappa shape index (κ3) is 8.02. The Labute approximate surface area is 142 Å². The number of hydrogen-bond donors (Lipinski definition) is 2. The first-order valence-corrected chi connectivity index (χ1v) is 9.13. The van der Waals surface area contributed by atoms with E-state index in [-0.39, 0.29) is 5.41 Å². The predicted molar refractivity (Wildman–Crippen MR) is 97.0 cm³/mol. The SMILES string of the molecule is CCOCCCCNC(=NC)NCC1CCCOC1C(C)(C)C. The summed E-state index contributed by atoms with van der Waals surface area (Å²) in [6, 6.07) is 0. The van der Waals surface area contributed by atoms with Gasteiger partial charge < -0.3 is 20.1 Å². The molecule has 2 atom stereocenters. The Kier molecular flexibility index (Phi) is 9.56. The van der Waals surface area contributed by atoms with Gasteiger partial charge in [0, 0.05) is 45.9 Å². The lowest BCUT2D eigenvalue weighted by atomic mass is 9.78. The molecule has 1 aliphatic rings. The van der Waals surface area contributed by atoms with Crippen LogP contribution in [0.5, 0.6) is 0 Å². The van der Waals surface area contributed by atoms with Crippen LogP contribution in [0.25, 0.3) is 0 Å². The molecule has 1 aliphatic heterocycles. The van der Waals surface area contributed by atoms with Crippen LogP contribution in [0.4, 0.5) is 0 Å². The van der Waals surface area contributed by atoms with Crippen molar-refractivity contribution in [3.8, 4) is 0 Å². The fraction of sp³-hybridized carbons (Fsp3) is 0.944. The lowest BCUT2D eigenvalue weighted by molar-refractivity contribution is -0.0835. The van der Waals surface area contributed by atoms with Crippen molar-refractivity contribution >= 4 is 5.96 Å². The summed E-state index contributed by atoms with van der Waals surface area (Å²) in [5, 5.41) is 6.85.